The molecule has 1 aromatic rings. The highest BCUT2D eigenvalue weighted by Gasteiger charge is 2.36. The lowest BCUT2D eigenvalue weighted by atomic mass is 10.1. The van der Waals surface area contributed by atoms with Crippen LogP contribution in [0.15, 0.2) is 18.2 Å². The van der Waals surface area contributed by atoms with Crippen molar-refractivity contribution in [2.75, 3.05) is 18.9 Å². The number of likely N-dealkylation sites (tertiary alicyclic amines) is 1. The normalized spacial score (nSPS) is 17.3. The molecule has 182 valence electrons. The highest BCUT2D eigenvalue weighted by atomic mass is 32.2. The minimum absolute atomic E-state index is 0.105. The van der Waals surface area contributed by atoms with Crippen molar-refractivity contribution >= 4 is 34.7 Å². The SMILES string of the molecule is CCOC(=O)CCSC(=O)C1CCCN1C(=O)C(C)NC(=O)C(O)Cc1ccc(O)c(O)c1. The predicted octanol–water partition coefficient (Wildman–Crippen LogP) is 0.710. The smallest absolute Gasteiger partial charge is 0.306 e. The Morgan fingerprint density at radius 3 is 2.64 bits per heavy atom. The van der Waals surface area contributed by atoms with E-state index in [0.717, 1.165) is 11.8 Å². The third-order valence-electron chi connectivity index (χ3n) is 5.16. The average Bonchev–Trinajstić information content (AvgIpc) is 3.25. The number of phenols is 2. The number of aromatic hydroxyl groups is 2. The lowest BCUT2D eigenvalue weighted by Crippen LogP contribution is -2.52. The molecule has 0 spiro atoms. The minimum Gasteiger partial charge on any atom is -0.504 e. The number of rotatable bonds is 10. The summed E-state index contributed by atoms with van der Waals surface area (Å²) in [5.41, 5.74) is 0.428. The van der Waals surface area contributed by atoms with E-state index in [1.807, 2.05) is 0 Å². The van der Waals surface area contributed by atoms with Crippen LogP contribution in [0.25, 0.3) is 0 Å². The summed E-state index contributed by atoms with van der Waals surface area (Å²) in [6, 6.07) is 2.35. The van der Waals surface area contributed by atoms with E-state index in [0.29, 0.717) is 24.9 Å². The zero-order valence-corrected chi connectivity index (χ0v) is 19.5. The predicted molar refractivity (Wildman–Crippen MR) is 121 cm³/mol. The Morgan fingerprint density at radius 2 is 1.97 bits per heavy atom. The van der Waals surface area contributed by atoms with Gasteiger partial charge in [0.1, 0.15) is 18.2 Å². The van der Waals surface area contributed by atoms with E-state index in [1.165, 1.54) is 30.0 Å². The summed E-state index contributed by atoms with van der Waals surface area (Å²) in [6.07, 6.45) is -0.339. The molecular weight excluding hydrogens is 452 g/mol. The van der Waals surface area contributed by atoms with E-state index in [1.54, 1.807) is 6.92 Å². The largest absolute Gasteiger partial charge is 0.504 e. The van der Waals surface area contributed by atoms with Gasteiger partial charge in [0.2, 0.25) is 16.9 Å². The van der Waals surface area contributed by atoms with Gasteiger partial charge in [-0.25, -0.2) is 0 Å². The minimum atomic E-state index is -1.47. The molecule has 1 aliphatic heterocycles. The summed E-state index contributed by atoms with van der Waals surface area (Å²) in [6.45, 7) is 3.84. The Kier molecular flexibility index (Phi) is 9.98. The molecule has 3 atom stereocenters. The summed E-state index contributed by atoms with van der Waals surface area (Å²) < 4.78 is 4.83. The second-order valence-electron chi connectivity index (χ2n) is 7.69. The van der Waals surface area contributed by atoms with Crippen molar-refractivity contribution in [3.05, 3.63) is 23.8 Å². The number of nitrogens with one attached hydrogen (secondary N) is 1. The van der Waals surface area contributed by atoms with Crippen LogP contribution in [0, 0.1) is 0 Å². The molecule has 0 saturated carbocycles. The molecule has 1 fully saturated rings. The van der Waals surface area contributed by atoms with Crippen LogP contribution in [0.1, 0.15) is 38.7 Å². The topological polar surface area (TPSA) is 153 Å². The fourth-order valence-electron chi connectivity index (χ4n) is 3.47. The van der Waals surface area contributed by atoms with E-state index in [9.17, 15) is 34.5 Å². The molecule has 33 heavy (non-hydrogen) atoms. The van der Waals surface area contributed by atoms with Crippen molar-refractivity contribution in [3.63, 3.8) is 0 Å². The lowest BCUT2D eigenvalue weighted by Gasteiger charge is -2.27. The van der Waals surface area contributed by atoms with Crippen LogP contribution in [0.5, 0.6) is 11.5 Å². The first-order valence-corrected chi connectivity index (χ1v) is 11.7. The Balaban J connectivity index is 1.87. The number of ether oxygens (including phenoxy) is 1. The van der Waals surface area contributed by atoms with Gasteiger partial charge in [0.05, 0.1) is 13.0 Å². The van der Waals surface area contributed by atoms with E-state index >= 15 is 0 Å². The summed E-state index contributed by atoms with van der Waals surface area (Å²) in [5, 5.41) is 31.3. The third-order valence-corrected chi connectivity index (χ3v) is 6.13. The molecule has 0 bridgehead atoms. The number of hydrogen-bond donors (Lipinski definition) is 4. The Labute approximate surface area is 196 Å². The van der Waals surface area contributed by atoms with Gasteiger partial charge in [0.25, 0.3) is 0 Å². The van der Waals surface area contributed by atoms with Crippen LogP contribution in [-0.2, 0) is 30.3 Å². The zero-order chi connectivity index (χ0) is 24.5. The first kappa shape index (κ1) is 26.5. The number of phenolic OH excluding ortho intramolecular Hbond substituents is 2. The lowest BCUT2D eigenvalue weighted by molar-refractivity contribution is -0.142. The van der Waals surface area contributed by atoms with Gasteiger partial charge >= 0.3 is 5.97 Å². The average molecular weight is 483 g/mol. The molecule has 1 heterocycles. The summed E-state index contributed by atoms with van der Waals surface area (Å²) in [4.78, 5) is 50.6. The molecule has 2 amide bonds. The molecule has 1 saturated heterocycles. The van der Waals surface area contributed by atoms with Crippen molar-refractivity contribution in [1.29, 1.82) is 0 Å². The van der Waals surface area contributed by atoms with Crippen molar-refractivity contribution in [1.82, 2.24) is 10.2 Å². The molecule has 4 N–H and O–H groups in total. The van der Waals surface area contributed by atoms with Gasteiger partial charge in [-0.15, -0.1) is 0 Å². The number of carbonyl (C=O) groups is 4. The Bertz CT molecular complexity index is 878. The second-order valence-corrected chi connectivity index (χ2v) is 8.78. The third kappa shape index (κ3) is 7.64. The molecule has 0 aromatic heterocycles. The molecule has 3 unspecified atom stereocenters. The summed E-state index contributed by atoms with van der Waals surface area (Å²) >= 11 is 0.984. The molecule has 1 aliphatic rings. The number of hydrogen-bond acceptors (Lipinski definition) is 9. The summed E-state index contributed by atoms with van der Waals surface area (Å²) in [5.74, 6) is -2.00. The second kappa shape index (κ2) is 12.4. The number of nitrogens with zero attached hydrogens (tertiary/aromatic N) is 1. The quantitative estimate of drug-likeness (QED) is 0.279. The fraction of sp³-hybridized carbons (Fsp3) is 0.545. The van der Waals surface area contributed by atoms with Crippen molar-refractivity contribution in [3.8, 4) is 11.5 Å². The Morgan fingerprint density at radius 1 is 1.24 bits per heavy atom. The number of thioether (sulfide) groups is 1. The van der Waals surface area contributed by atoms with Crippen LogP contribution >= 0.6 is 11.8 Å². The maximum absolute atomic E-state index is 12.9. The van der Waals surface area contributed by atoms with Gasteiger partial charge in [-0.05, 0) is 44.4 Å². The highest BCUT2D eigenvalue weighted by molar-refractivity contribution is 8.13. The number of aliphatic hydroxyl groups excluding tert-OH is 1. The van der Waals surface area contributed by atoms with Gasteiger partial charge in [-0.2, -0.15) is 0 Å². The highest BCUT2D eigenvalue weighted by Crippen LogP contribution is 2.26. The van der Waals surface area contributed by atoms with E-state index in [-0.39, 0.29) is 47.8 Å². The van der Waals surface area contributed by atoms with Crippen LogP contribution in [0.3, 0.4) is 0 Å². The van der Waals surface area contributed by atoms with Gasteiger partial charge in [0.15, 0.2) is 11.5 Å². The molecule has 10 nitrogen and oxygen atoms in total. The van der Waals surface area contributed by atoms with Crippen LogP contribution in [0.2, 0.25) is 0 Å². The standard InChI is InChI=1S/C22H30N2O8S/c1-3-32-19(28)8-10-33-22(31)15-5-4-9-24(15)21(30)13(2)23-20(29)18(27)12-14-6-7-16(25)17(26)11-14/h6-7,11,13,15,18,25-27H,3-5,8-10,12H2,1-2H3,(H,23,29). The number of carbonyl (C=O) groups excluding carboxylic acids is 4. The van der Waals surface area contributed by atoms with Crippen molar-refractivity contribution in [2.24, 2.45) is 0 Å². The molecule has 0 aliphatic carbocycles. The van der Waals surface area contributed by atoms with Crippen LogP contribution < -0.4 is 5.32 Å². The van der Waals surface area contributed by atoms with E-state index in [4.69, 9.17) is 4.74 Å². The molecular formula is C22H30N2O8S. The van der Waals surface area contributed by atoms with Gasteiger partial charge in [-0.1, -0.05) is 17.8 Å². The van der Waals surface area contributed by atoms with E-state index < -0.39 is 30.0 Å². The van der Waals surface area contributed by atoms with E-state index in [2.05, 4.69) is 5.32 Å². The summed E-state index contributed by atoms with van der Waals surface area (Å²) in [7, 11) is 0. The maximum atomic E-state index is 12.9. The number of esters is 1. The van der Waals surface area contributed by atoms with Crippen LogP contribution in [-0.4, -0.2) is 80.2 Å². The molecule has 1 aromatic carbocycles. The molecule has 0 radical (unpaired) electrons. The fourth-order valence-corrected chi connectivity index (χ4v) is 4.38. The Hall–Kier alpha value is -2.79. The van der Waals surface area contributed by atoms with Crippen molar-refractivity contribution < 1.29 is 39.2 Å². The molecule has 11 heteroatoms. The monoisotopic (exact) mass is 482 g/mol. The van der Waals surface area contributed by atoms with Crippen molar-refractivity contribution in [2.45, 2.75) is 57.7 Å². The number of benzene rings is 1. The van der Waals surface area contributed by atoms with Gasteiger partial charge < -0.3 is 30.3 Å². The maximum Gasteiger partial charge on any atom is 0.306 e. The zero-order valence-electron chi connectivity index (χ0n) is 18.7. The first-order valence-electron chi connectivity index (χ1n) is 10.8. The van der Waals surface area contributed by atoms with Gasteiger partial charge in [-0.3, -0.25) is 19.2 Å². The van der Waals surface area contributed by atoms with Gasteiger partial charge in [0, 0.05) is 18.7 Å². The van der Waals surface area contributed by atoms with Crippen LogP contribution in [0.4, 0.5) is 0 Å². The number of aliphatic hydroxyl groups is 1. The first-order chi connectivity index (χ1) is 15.6. The number of amides is 2. The molecule has 2 rings (SSSR count).